The fourth-order valence-electron chi connectivity index (χ4n) is 2.73. The van der Waals surface area contributed by atoms with Crippen molar-refractivity contribution in [2.24, 2.45) is 5.92 Å². The van der Waals surface area contributed by atoms with Gasteiger partial charge in [-0.05, 0) is 30.4 Å². The van der Waals surface area contributed by atoms with Crippen molar-refractivity contribution in [3.63, 3.8) is 0 Å². The number of carboxylic acids is 1. The number of hydrogen-bond donors (Lipinski definition) is 1. The van der Waals surface area contributed by atoms with Gasteiger partial charge < -0.3 is 10.0 Å². The average Bonchev–Trinajstić information content (AvgIpc) is 2.57. The van der Waals surface area contributed by atoms with E-state index in [-0.39, 0.29) is 5.91 Å². The number of anilines is 1. The van der Waals surface area contributed by atoms with Gasteiger partial charge in [0.05, 0.1) is 5.92 Å². The van der Waals surface area contributed by atoms with Gasteiger partial charge in [-0.2, -0.15) is 0 Å². The molecule has 4 heteroatoms. The van der Waals surface area contributed by atoms with Gasteiger partial charge in [-0.3, -0.25) is 9.59 Å². The standard InChI is InChI=1S/C15H19NO3/c1-3-11-5-4-6-12-9-13(15(18)19)7-8-16(10(2)17)14(11)12/h4-6,13H,3,7-9H2,1-2H3,(H,18,19). The van der Waals surface area contributed by atoms with Gasteiger partial charge in [0.25, 0.3) is 0 Å². The van der Waals surface area contributed by atoms with E-state index in [1.54, 1.807) is 4.90 Å². The van der Waals surface area contributed by atoms with E-state index in [0.29, 0.717) is 19.4 Å². The van der Waals surface area contributed by atoms with Gasteiger partial charge in [0.2, 0.25) is 5.91 Å². The number of amides is 1. The molecule has 0 saturated heterocycles. The number of aryl methyl sites for hydroxylation is 1. The Bertz CT molecular complexity index is 510. The number of aliphatic carboxylic acids is 1. The van der Waals surface area contributed by atoms with Gasteiger partial charge in [0, 0.05) is 19.2 Å². The van der Waals surface area contributed by atoms with Crippen LogP contribution in [0.15, 0.2) is 18.2 Å². The Morgan fingerprint density at radius 3 is 2.74 bits per heavy atom. The number of hydrogen-bond acceptors (Lipinski definition) is 2. The summed E-state index contributed by atoms with van der Waals surface area (Å²) in [5, 5.41) is 9.24. The van der Waals surface area contributed by atoms with E-state index >= 15 is 0 Å². The van der Waals surface area contributed by atoms with Crippen molar-refractivity contribution in [1.82, 2.24) is 0 Å². The molecule has 1 aromatic carbocycles. The maximum atomic E-state index is 11.8. The molecule has 0 spiro atoms. The number of fused-ring (bicyclic) bond motifs is 1. The number of carbonyl (C=O) groups is 2. The molecule has 1 unspecified atom stereocenters. The van der Waals surface area contributed by atoms with Crippen molar-refractivity contribution in [2.45, 2.75) is 33.1 Å². The van der Waals surface area contributed by atoms with Crippen LogP contribution < -0.4 is 4.90 Å². The number of carbonyl (C=O) groups excluding carboxylic acids is 1. The lowest BCUT2D eigenvalue weighted by atomic mass is 9.95. The molecule has 0 bridgehead atoms. The van der Waals surface area contributed by atoms with E-state index < -0.39 is 11.9 Å². The van der Waals surface area contributed by atoms with E-state index in [1.807, 2.05) is 25.1 Å². The van der Waals surface area contributed by atoms with Crippen LogP contribution in [0.5, 0.6) is 0 Å². The van der Waals surface area contributed by atoms with Gasteiger partial charge in [-0.25, -0.2) is 0 Å². The van der Waals surface area contributed by atoms with Crippen molar-refractivity contribution in [1.29, 1.82) is 0 Å². The number of nitrogens with zero attached hydrogens (tertiary/aromatic N) is 1. The van der Waals surface area contributed by atoms with Crippen LogP contribution >= 0.6 is 0 Å². The maximum Gasteiger partial charge on any atom is 0.306 e. The molecule has 4 nitrogen and oxygen atoms in total. The molecule has 1 aromatic rings. The summed E-state index contributed by atoms with van der Waals surface area (Å²) < 4.78 is 0. The summed E-state index contributed by atoms with van der Waals surface area (Å²) in [4.78, 5) is 24.8. The normalized spacial score (nSPS) is 18.6. The van der Waals surface area contributed by atoms with Crippen molar-refractivity contribution in [3.05, 3.63) is 29.3 Å². The highest BCUT2D eigenvalue weighted by Crippen LogP contribution is 2.32. The minimum absolute atomic E-state index is 0.0202. The highest BCUT2D eigenvalue weighted by molar-refractivity contribution is 5.93. The maximum absolute atomic E-state index is 11.8. The third-order valence-corrected chi connectivity index (χ3v) is 3.75. The lowest BCUT2D eigenvalue weighted by molar-refractivity contribution is -0.141. The summed E-state index contributed by atoms with van der Waals surface area (Å²) in [5.41, 5.74) is 3.01. The molecule has 1 amide bonds. The molecule has 102 valence electrons. The van der Waals surface area contributed by atoms with Crippen LogP contribution in [0.4, 0.5) is 5.69 Å². The Morgan fingerprint density at radius 1 is 1.42 bits per heavy atom. The molecule has 1 aliphatic heterocycles. The third-order valence-electron chi connectivity index (χ3n) is 3.75. The molecular formula is C15H19NO3. The highest BCUT2D eigenvalue weighted by Gasteiger charge is 2.28. The Labute approximate surface area is 113 Å². The Morgan fingerprint density at radius 2 is 2.16 bits per heavy atom. The minimum atomic E-state index is -0.779. The molecule has 19 heavy (non-hydrogen) atoms. The lowest BCUT2D eigenvalue weighted by Gasteiger charge is -2.24. The molecule has 1 atom stereocenters. The first kappa shape index (κ1) is 13.6. The van der Waals surface area contributed by atoms with Crippen LogP contribution in [0.3, 0.4) is 0 Å². The largest absolute Gasteiger partial charge is 0.481 e. The second-order valence-electron chi connectivity index (χ2n) is 4.98. The quantitative estimate of drug-likeness (QED) is 0.888. The van der Waals surface area contributed by atoms with Crippen LogP contribution in [0.25, 0.3) is 0 Å². The van der Waals surface area contributed by atoms with Gasteiger partial charge in [0.15, 0.2) is 0 Å². The summed E-state index contributed by atoms with van der Waals surface area (Å²) >= 11 is 0. The van der Waals surface area contributed by atoms with Crippen molar-refractivity contribution >= 4 is 17.6 Å². The van der Waals surface area contributed by atoms with Crippen LogP contribution in [0, 0.1) is 5.92 Å². The minimum Gasteiger partial charge on any atom is -0.481 e. The Kier molecular flexibility index (Phi) is 3.88. The zero-order valence-corrected chi connectivity index (χ0v) is 11.3. The van der Waals surface area contributed by atoms with Crippen LogP contribution in [0.1, 0.15) is 31.4 Å². The second kappa shape index (κ2) is 5.43. The third kappa shape index (κ3) is 2.62. The molecular weight excluding hydrogens is 242 g/mol. The zero-order valence-electron chi connectivity index (χ0n) is 11.3. The fourth-order valence-corrected chi connectivity index (χ4v) is 2.73. The molecule has 1 heterocycles. The van der Waals surface area contributed by atoms with Gasteiger partial charge >= 0.3 is 5.97 Å². The van der Waals surface area contributed by atoms with E-state index in [0.717, 1.165) is 23.2 Å². The van der Waals surface area contributed by atoms with E-state index in [1.165, 1.54) is 6.92 Å². The number of para-hydroxylation sites is 1. The molecule has 0 saturated carbocycles. The number of benzene rings is 1. The summed E-state index contributed by atoms with van der Waals surface area (Å²) in [6.45, 7) is 4.07. The molecule has 1 N–H and O–H groups in total. The van der Waals surface area contributed by atoms with Gasteiger partial charge in [0.1, 0.15) is 0 Å². The first-order chi connectivity index (χ1) is 9.04. The SMILES string of the molecule is CCc1cccc2c1N(C(C)=O)CCC(C(=O)O)C2. The van der Waals surface area contributed by atoms with Crippen molar-refractivity contribution < 1.29 is 14.7 Å². The molecule has 0 aliphatic carbocycles. The van der Waals surface area contributed by atoms with E-state index in [4.69, 9.17) is 0 Å². The monoisotopic (exact) mass is 261 g/mol. The van der Waals surface area contributed by atoms with Gasteiger partial charge in [-0.1, -0.05) is 25.1 Å². The predicted molar refractivity (Wildman–Crippen MR) is 73.3 cm³/mol. The highest BCUT2D eigenvalue weighted by atomic mass is 16.4. The van der Waals surface area contributed by atoms with Crippen molar-refractivity contribution in [2.75, 3.05) is 11.4 Å². The van der Waals surface area contributed by atoms with Gasteiger partial charge in [-0.15, -0.1) is 0 Å². The smallest absolute Gasteiger partial charge is 0.306 e. The summed E-state index contributed by atoms with van der Waals surface area (Å²) in [6.07, 6.45) is 1.85. The molecule has 0 fully saturated rings. The molecule has 0 aromatic heterocycles. The summed E-state index contributed by atoms with van der Waals surface area (Å²) in [7, 11) is 0. The fraction of sp³-hybridized carbons (Fsp3) is 0.467. The van der Waals surface area contributed by atoms with Crippen LogP contribution in [-0.4, -0.2) is 23.5 Å². The molecule has 2 rings (SSSR count). The predicted octanol–water partition coefficient (Wildman–Crippen LogP) is 2.25. The summed E-state index contributed by atoms with van der Waals surface area (Å²) in [5.74, 6) is -1.21. The second-order valence-corrected chi connectivity index (χ2v) is 4.98. The summed E-state index contributed by atoms with van der Waals surface area (Å²) in [6, 6.07) is 5.89. The van der Waals surface area contributed by atoms with E-state index in [2.05, 4.69) is 0 Å². The van der Waals surface area contributed by atoms with Crippen LogP contribution in [-0.2, 0) is 22.4 Å². The topological polar surface area (TPSA) is 57.6 Å². The first-order valence-corrected chi connectivity index (χ1v) is 6.66. The number of rotatable bonds is 2. The molecule has 0 radical (unpaired) electrons. The number of carboxylic acid groups (broad SMARTS) is 1. The van der Waals surface area contributed by atoms with Crippen LogP contribution in [0.2, 0.25) is 0 Å². The Hall–Kier alpha value is -1.84. The zero-order chi connectivity index (χ0) is 14.0. The van der Waals surface area contributed by atoms with E-state index in [9.17, 15) is 14.7 Å². The lowest BCUT2D eigenvalue weighted by Crippen LogP contribution is -2.31. The Balaban J connectivity index is 2.51. The first-order valence-electron chi connectivity index (χ1n) is 6.66. The van der Waals surface area contributed by atoms with Crippen molar-refractivity contribution in [3.8, 4) is 0 Å². The average molecular weight is 261 g/mol. The molecule has 1 aliphatic rings.